The summed E-state index contributed by atoms with van der Waals surface area (Å²) in [4.78, 5) is 25.0. The van der Waals surface area contributed by atoms with Crippen molar-refractivity contribution in [2.75, 3.05) is 4.72 Å². The molecule has 0 radical (unpaired) electrons. The Morgan fingerprint density at radius 1 is 1.47 bits per heavy atom. The maximum atomic E-state index is 11.5. The molecule has 0 unspecified atom stereocenters. The predicted octanol–water partition coefficient (Wildman–Crippen LogP) is 0.560. The fraction of sp³-hybridized carbons (Fsp3) is 0.375. The van der Waals surface area contributed by atoms with E-state index in [1.54, 1.807) is 0 Å². The summed E-state index contributed by atoms with van der Waals surface area (Å²) >= 11 is 0.854. The minimum atomic E-state index is -3.54. The van der Waals surface area contributed by atoms with Gasteiger partial charge in [-0.1, -0.05) is 0 Å². The Bertz CT molecular complexity index is 546. The zero-order valence-corrected chi connectivity index (χ0v) is 10.6. The molecule has 2 N–H and O–H groups in total. The minimum Gasteiger partial charge on any atom is -0.475 e. The standard InChI is InChI=1S/C8H10N2O5S2/c1-4(2)17(14,15)10-8-9-5(3-16-8)6(11)7(12)13/h3-4H,1-2H3,(H,9,10)(H,12,13). The quantitative estimate of drug-likeness (QED) is 0.601. The van der Waals surface area contributed by atoms with Crippen molar-refractivity contribution in [2.45, 2.75) is 19.1 Å². The van der Waals surface area contributed by atoms with Crippen LogP contribution in [0.4, 0.5) is 5.13 Å². The van der Waals surface area contributed by atoms with Gasteiger partial charge < -0.3 is 5.11 Å². The number of aromatic nitrogens is 1. The van der Waals surface area contributed by atoms with E-state index in [1.165, 1.54) is 19.2 Å². The molecule has 1 rings (SSSR count). The molecule has 1 aromatic heterocycles. The molecule has 0 saturated carbocycles. The van der Waals surface area contributed by atoms with Gasteiger partial charge in [0.1, 0.15) is 5.69 Å². The van der Waals surface area contributed by atoms with Crippen LogP contribution >= 0.6 is 11.3 Å². The largest absolute Gasteiger partial charge is 0.475 e. The summed E-state index contributed by atoms with van der Waals surface area (Å²) in [5.41, 5.74) is -0.288. The van der Waals surface area contributed by atoms with E-state index in [0.717, 1.165) is 11.3 Å². The van der Waals surface area contributed by atoms with E-state index in [1.807, 2.05) is 0 Å². The fourth-order valence-corrected chi connectivity index (χ4v) is 2.37. The molecule has 17 heavy (non-hydrogen) atoms. The molecule has 0 amide bonds. The molecule has 0 aliphatic carbocycles. The molecule has 0 bridgehead atoms. The zero-order chi connectivity index (χ0) is 13.2. The van der Waals surface area contributed by atoms with Crippen molar-refractivity contribution >= 4 is 38.2 Å². The number of hydrogen-bond donors (Lipinski definition) is 2. The van der Waals surface area contributed by atoms with Crippen molar-refractivity contribution in [3.8, 4) is 0 Å². The van der Waals surface area contributed by atoms with E-state index in [-0.39, 0.29) is 10.8 Å². The molecule has 9 heteroatoms. The first kappa shape index (κ1) is 13.6. The summed E-state index contributed by atoms with van der Waals surface area (Å²) in [6, 6.07) is 0. The maximum absolute atomic E-state index is 11.5. The number of aliphatic carboxylic acids is 1. The van der Waals surface area contributed by atoms with Crippen LogP contribution in [0.15, 0.2) is 5.38 Å². The summed E-state index contributed by atoms with van der Waals surface area (Å²) in [5, 5.41) is 8.96. The second kappa shape index (κ2) is 4.80. The number of hydrogen-bond acceptors (Lipinski definition) is 6. The molecule has 1 aromatic rings. The van der Waals surface area contributed by atoms with Crippen LogP contribution in [0.3, 0.4) is 0 Å². The number of rotatable bonds is 5. The third-order valence-electron chi connectivity index (χ3n) is 1.78. The lowest BCUT2D eigenvalue weighted by Gasteiger charge is -2.07. The number of ketones is 1. The van der Waals surface area contributed by atoms with Crippen LogP contribution in [0.1, 0.15) is 24.3 Å². The number of nitrogens with one attached hydrogen (secondary N) is 1. The van der Waals surface area contributed by atoms with Gasteiger partial charge in [0.25, 0.3) is 5.78 Å². The summed E-state index contributed by atoms with van der Waals surface area (Å²) in [6.07, 6.45) is 0. The lowest BCUT2D eigenvalue weighted by Crippen LogP contribution is -2.22. The number of sulfonamides is 1. The molecule has 94 valence electrons. The molecule has 7 nitrogen and oxygen atoms in total. The highest BCUT2D eigenvalue weighted by atomic mass is 32.2. The van der Waals surface area contributed by atoms with Gasteiger partial charge in [-0.3, -0.25) is 9.52 Å². The van der Waals surface area contributed by atoms with Crippen LogP contribution in [0.5, 0.6) is 0 Å². The first-order valence-corrected chi connectivity index (χ1v) is 6.91. The third kappa shape index (κ3) is 3.24. The third-order valence-corrected chi connectivity index (χ3v) is 4.39. The molecule has 0 atom stereocenters. The highest BCUT2D eigenvalue weighted by Crippen LogP contribution is 2.18. The van der Waals surface area contributed by atoms with Gasteiger partial charge in [0, 0.05) is 5.38 Å². The molecular weight excluding hydrogens is 268 g/mol. The van der Waals surface area contributed by atoms with Gasteiger partial charge in [0.2, 0.25) is 10.0 Å². The normalized spacial score (nSPS) is 11.5. The number of nitrogens with zero attached hydrogens (tertiary/aromatic N) is 1. The topological polar surface area (TPSA) is 113 Å². The summed E-state index contributed by atoms with van der Waals surface area (Å²) in [7, 11) is -3.54. The van der Waals surface area contributed by atoms with Crippen molar-refractivity contribution < 1.29 is 23.1 Å². The van der Waals surface area contributed by atoms with E-state index in [9.17, 15) is 18.0 Å². The van der Waals surface area contributed by atoms with Crippen LogP contribution < -0.4 is 4.72 Å². The van der Waals surface area contributed by atoms with Crippen LogP contribution in [0.25, 0.3) is 0 Å². The van der Waals surface area contributed by atoms with Gasteiger partial charge in [0.15, 0.2) is 5.13 Å². The van der Waals surface area contributed by atoms with Crippen molar-refractivity contribution in [2.24, 2.45) is 0 Å². The number of carboxylic acid groups (broad SMARTS) is 1. The lowest BCUT2D eigenvalue weighted by atomic mass is 10.3. The van der Waals surface area contributed by atoms with Gasteiger partial charge in [-0.05, 0) is 13.8 Å². The molecule has 1 heterocycles. The van der Waals surface area contributed by atoms with E-state index < -0.39 is 27.0 Å². The summed E-state index contributed by atoms with van der Waals surface area (Å²) < 4.78 is 25.1. The first-order chi connectivity index (χ1) is 7.74. The smallest absolute Gasteiger partial charge is 0.378 e. The molecule has 0 saturated heterocycles. The van der Waals surface area contributed by atoms with Gasteiger partial charge >= 0.3 is 5.97 Å². The van der Waals surface area contributed by atoms with Gasteiger partial charge in [0.05, 0.1) is 5.25 Å². The predicted molar refractivity (Wildman–Crippen MR) is 61.8 cm³/mol. The number of anilines is 1. The van der Waals surface area contributed by atoms with Crippen molar-refractivity contribution in [3.63, 3.8) is 0 Å². The van der Waals surface area contributed by atoms with Crippen LogP contribution in [0.2, 0.25) is 0 Å². The summed E-state index contributed by atoms with van der Waals surface area (Å²) in [5.74, 6) is -2.80. The Labute approximate surface area is 102 Å². The maximum Gasteiger partial charge on any atom is 0.378 e. The van der Waals surface area contributed by atoms with Gasteiger partial charge in [-0.2, -0.15) is 0 Å². The van der Waals surface area contributed by atoms with Crippen LogP contribution in [-0.2, 0) is 14.8 Å². The molecule has 0 aliphatic heterocycles. The Balaban J connectivity index is 2.91. The highest BCUT2D eigenvalue weighted by Gasteiger charge is 2.21. The number of carbonyl (C=O) groups is 2. The highest BCUT2D eigenvalue weighted by molar-refractivity contribution is 7.93. The second-order valence-electron chi connectivity index (χ2n) is 3.37. The fourth-order valence-electron chi connectivity index (χ4n) is 0.774. The Morgan fingerprint density at radius 2 is 2.06 bits per heavy atom. The van der Waals surface area contributed by atoms with Gasteiger partial charge in [-0.15, -0.1) is 11.3 Å². The van der Waals surface area contributed by atoms with Crippen molar-refractivity contribution in [1.82, 2.24) is 4.98 Å². The zero-order valence-electron chi connectivity index (χ0n) is 9.00. The molecule has 0 aliphatic rings. The first-order valence-electron chi connectivity index (χ1n) is 4.49. The Kier molecular flexibility index (Phi) is 3.83. The van der Waals surface area contributed by atoms with E-state index >= 15 is 0 Å². The van der Waals surface area contributed by atoms with Crippen molar-refractivity contribution in [3.05, 3.63) is 11.1 Å². The van der Waals surface area contributed by atoms with Crippen LogP contribution in [-0.4, -0.2) is 35.5 Å². The van der Waals surface area contributed by atoms with E-state index in [4.69, 9.17) is 5.11 Å². The Hall–Kier alpha value is -1.48. The van der Waals surface area contributed by atoms with Crippen molar-refractivity contribution in [1.29, 1.82) is 0 Å². The van der Waals surface area contributed by atoms with E-state index in [0.29, 0.717) is 0 Å². The monoisotopic (exact) mass is 278 g/mol. The molecule has 0 fully saturated rings. The van der Waals surface area contributed by atoms with Crippen LogP contribution in [0, 0.1) is 0 Å². The number of carbonyl (C=O) groups excluding carboxylic acids is 1. The average molecular weight is 278 g/mol. The molecular formula is C8H10N2O5S2. The SMILES string of the molecule is CC(C)S(=O)(=O)Nc1nc(C(=O)C(=O)O)cs1. The van der Waals surface area contributed by atoms with E-state index in [2.05, 4.69) is 9.71 Å². The Morgan fingerprint density at radius 3 is 2.53 bits per heavy atom. The number of Topliss-reactive ketones (excluding diaryl/α,β-unsaturated/α-hetero) is 1. The molecule has 0 aromatic carbocycles. The minimum absolute atomic E-state index is 0.0247. The van der Waals surface area contributed by atoms with Gasteiger partial charge in [-0.25, -0.2) is 18.2 Å². The second-order valence-corrected chi connectivity index (χ2v) is 6.46. The molecule has 0 spiro atoms. The number of thiazole rings is 1. The summed E-state index contributed by atoms with van der Waals surface area (Å²) in [6.45, 7) is 2.97. The number of carboxylic acids is 1. The average Bonchev–Trinajstić information content (AvgIpc) is 2.63. The lowest BCUT2D eigenvalue weighted by molar-refractivity contribution is -0.131.